The molecular weight excluding hydrogens is 727 g/mol. The summed E-state index contributed by atoms with van der Waals surface area (Å²) < 4.78 is 4.87. The van der Waals surface area contributed by atoms with E-state index in [1.165, 1.54) is 106 Å². The van der Waals surface area contributed by atoms with Crippen molar-refractivity contribution in [2.75, 3.05) is 0 Å². The highest BCUT2D eigenvalue weighted by atomic mass is 15.1. The summed E-state index contributed by atoms with van der Waals surface area (Å²) in [6.07, 6.45) is 10.4. The van der Waals surface area contributed by atoms with Crippen LogP contribution in [0.2, 0.25) is 0 Å². The first-order valence-electron chi connectivity index (χ1n) is 21.2. The lowest BCUT2D eigenvalue weighted by Crippen LogP contribution is -2.21. The molecule has 0 amide bonds. The number of allylic oxidation sites excluding steroid dienone is 5. The van der Waals surface area contributed by atoms with Crippen molar-refractivity contribution in [1.29, 1.82) is 0 Å². The summed E-state index contributed by atoms with van der Waals surface area (Å²) in [4.78, 5) is 0. The number of hydrogen-bond acceptors (Lipinski definition) is 1. The van der Waals surface area contributed by atoms with Crippen molar-refractivity contribution in [2.45, 2.75) is 20.0 Å². The topological polar surface area (TPSA) is 21.9 Å². The summed E-state index contributed by atoms with van der Waals surface area (Å²) >= 11 is 0. The van der Waals surface area contributed by atoms with Crippen molar-refractivity contribution < 1.29 is 0 Å². The molecule has 1 N–H and O–H groups in total. The molecule has 8 aromatic carbocycles. The normalized spacial score (nSPS) is 18.1. The zero-order valence-electron chi connectivity index (χ0n) is 33.5. The number of nitrogens with one attached hydrogen (secondary N) is 1. The second-order valence-corrected chi connectivity index (χ2v) is 16.7. The number of hydrogen-bond donors (Lipinski definition) is 1. The molecule has 0 aliphatic heterocycles. The van der Waals surface area contributed by atoms with E-state index in [0.29, 0.717) is 12.6 Å². The molecule has 3 nitrogen and oxygen atoms in total. The molecule has 0 saturated heterocycles. The molecule has 2 heterocycles. The van der Waals surface area contributed by atoms with Gasteiger partial charge in [-0.1, -0.05) is 165 Å². The Morgan fingerprint density at radius 2 is 1.17 bits per heavy atom. The zero-order chi connectivity index (χ0) is 39.8. The van der Waals surface area contributed by atoms with Crippen LogP contribution in [-0.4, -0.2) is 9.13 Å². The van der Waals surface area contributed by atoms with Crippen LogP contribution in [0.4, 0.5) is 0 Å². The lowest BCUT2D eigenvalue weighted by molar-refractivity contribution is 0.668. The van der Waals surface area contributed by atoms with Crippen LogP contribution in [-0.2, 0) is 6.67 Å². The number of benzene rings is 8. The number of para-hydroxylation sites is 2. The molecule has 2 unspecified atom stereocenters. The molecule has 1 fully saturated rings. The lowest BCUT2D eigenvalue weighted by Gasteiger charge is -2.24. The van der Waals surface area contributed by atoms with Gasteiger partial charge in [-0.25, -0.2) is 0 Å². The SMILES string of the molecule is CC1CC12C=CC=C/C2=C(/NCn1c2ccc(-c3ccc4c(c3)c3ccccc3n4-c3ccccc3)cc2c2c3ccccc3ccc21)c1ccc(-c2ccccc2)cc1. The van der Waals surface area contributed by atoms with Gasteiger partial charge in [-0.05, 0) is 105 Å². The van der Waals surface area contributed by atoms with Gasteiger partial charge in [0.2, 0.25) is 0 Å². The van der Waals surface area contributed by atoms with E-state index < -0.39 is 0 Å². The maximum absolute atomic E-state index is 4.07. The largest absolute Gasteiger partial charge is 0.367 e. The molecule has 0 radical (unpaired) electrons. The average Bonchev–Trinajstić information content (AvgIpc) is 3.66. The van der Waals surface area contributed by atoms with Gasteiger partial charge in [-0.15, -0.1) is 0 Å². The fraction of sp³-hybridized carbons (Fsp3) is 0.0877. The van der Waals surface area contributed by atoms with Crippen LogP contribution in [0.25, 0.3) is 88.0 Å². The van der Waals surface area contributed by atoms with Gasteiger partial charge in [0.15, 0.2) is 0 Å². The predicted molar refractivity (Wildman–Crippen MR) is 253 cm³/mol. The summed E-state index contributed by atoms with van der Waals surface area (Å²) in [5.41, 5.74) is 14.8. The highest BCUT2D eigenvalue weighted by Gasteiger charge is 2.52. The Labute approximate surface area is 349 Å². The second kappa shape index (κ2) is 13.6. The molecule has 2 aliphatic carbocycles. The van der Waals surface area contributed by atoms with Crippen LogP contribution >= 0.6 is 0 Å². The summed E-state index contributed by atoms with van der Waals surface area (Å²) in [6, 6.07) is 66.7. The molecule has 286 valence electrons. The number of nitrogens with zero attached hydrogens (tertiary/aromatic N) is 2. The summed E-state index contributed by atoms with van der Waals surface area (Å²) in [6.45, 7) is 3.01. The molecule has 60 heavy (non-hydrogen) atoms. The first kappa shape index (κ1) is 34.7. The standard InChI is InChI=1S/C57H43N3/c1-38-36-57(38)33-13-12-21-50(57)56(42-25-23-40(24-26-42)39-14-4-2-5-15-39)58-37-59-51-30-28-44(35-49(51)55-46-19-9-8-16-41(46)27-32-54(55)59)43-29-31-53-48(34-43)47-20-10-11-22-52(47)60(53)45-17-6-3-7-18-45/h2-35,38,58H,36-37H2,1H3/b56-50-. The van der Waals surface area contributed by atoms with E-state index in [1.54, 1.807) is 0 Å². The zero-order valence-corrected chi connectivity index (χ0v) is 33.5. The van der Waals surface area contributed by atoms with E-state index in [9.17, 15) is 0 Å². The third kappa shape index (κ3) is 5.43. The van der Waals surface area contributed by atoms with Crippen molar-refractivity contribution in [3.63, 3.8) is 0 Å². The first-order valence-corrected chi connectivity index (χ1v) is 21.2. The average molecular weight is 770 g/mol. The van der Waals surface area contributed by atoms with E-state index in [4.69, 9.17) is 0 Å². The molecule has 2 aromatic heterocycles. The van der Waals surface area contributed by atoms with E-state index in [0.717, 1.165) is 0 Å². The van der Waals surface area contributed by atoms with Crippen molar-refractivity contribution in [1.82, 2.24) is 14.5 Å². The van der Waals surface area contributed by atoms with Crippen molar-refractivity contribution in [3.05, 3.63) is 217 Å². The highest BCUT2D eigenvalue weighted by Crippen LogP contribution is 2.61. The highest BCUT2D eigenvalue weighted by molar-refractivity contribution is 6.21. The fourth-order valence-electron chi connectivity index (χ4n) is 10.2. The number of fused-ring (bicyclic) bond motifs is 8. The van der Waals surface area contributed by atoms with Gasteiger partial charge in [0.25, 0.3) is 0 Å². The Hall–Kier alpha value is -7.36. The Morgan fingerprint density at radius 3 is 1.95 bits per heavy atom. The molecule has 2 atom stereocenters. The smallest absolute Gasteiger partial charge is 0.0926 e. The van der Waals surface area contributed by atoms with E-state index in [2.05, 4.69) is 228 Å². The Kier molecular flexibility index (Phi) is 7.86. The third-order valence-electron chi connectivity index (χ3n) is 13.4. The van der Waals surface area contributed by atoms with E-state index >= 15 is 0 Å². The Bertz CT molecular complexity index is 3400. The Morgan fingerprint density at radius 1 is 0.550 bits per heavy atom. The molecule has 1 spiro atoms. The van der Waals surface area contributed by atoms with Gasteiger partial charge in [0, 0.05) is 38.3 Å². The molecule has 3 heteroatoms. The number of aromatic nitrogens is 2. The molecule has 2 aliphatic rings. The molecule has 1 saturated carbocycles. The van der Waals surface area contributed by atoms with Gasteiger partial charge in [0.1, 0.15) is 0 Å². The van der Waals surface area contributed by atoms with E-state index in [1.807, 2.05) is 0 Å². The summed E-state index contributed by atoms with van der Waals surface area (Å²) in [5, 5.41) is 11.7. The van der Waals surface area contributed by atoms with Crippen LogP contribution in [0.15, 0.2) is 212 Å². The number of rotatable bonds is 7. The Balaban J connectivity index is 0.996. The molecular formula is C57H43N3. The predicted octanol–water partition coefficient (Wildman–Crippen LogP) is 14.5. The second-order valence-electron chi connectivity index (χ2n) is 16.7. The third-order valence-corrected chi connectivity index (χ3v) is 13.4. The fourth-order valence-corrected chi connectivity index (χ4v) is 10.2. The van der Waals surface area contributed by atoms with Gasteiger partial charge in [-0.2, -0.15) is 0 Å². The van der Waals surface area contributed by atoms with Crippen molar-refractivity contribution in [2.24, 2.45) is 11.3 Å². The maximum atomic E-state index is 4.07. The van der Waals surface area contributed by atoms with Crippen molar-refractivity contribution >= 4 is 60.1 Å². The summed E-state index contributed by atoms with van der Waals surface area (Å²) in [7, 11) is 0. The van der Waals surface area contributed by atoms with Gasteiger partial charge in [0.05, 0.1) is 28.7 Å². The van der Waals surface area contributed by atoms with Crippen molar-refractivity contribution in [3.8, 4) is 27.9 Å². The van der Waals surface area contributed by atoms with Crippen LogP contribution in [0.1, 0.15) is 18.9 Å². The lowest BCUT2D eigenvalue weighted by atomic mass is 9.85. The molecule has 0 bridgehead atoms. The van der Waals surface area contributed by atoms with Crippen LogP contribution in [0.5, 0.6) is 0 Å². The quantitative estimate of drug-likeness (QED) is 0.171. The van der Waals surface area contributed by atoms with Crippen LogP contribution in [0.3, 0.4) is 0 Å². The molecule has 12 rings (SSSR count). The van der Waals surface area contributed by atoms with E-state index in [-0.39, 0.29) is 5.41 Å². The maximum Gasteiger partial charge on any atom is 0.0926 e. The summed E-state index contributed by atoms with van der Waals surface area (Å²) in [5.74, 6) is 0.598. The minimum Gasteiger partial charge on any atom is -0.367 e. The van der Waals surface area contributed by atoms with Crippen LogP contribution in [0, 0.1) is 11.3 Å². The van der Waals surface area contributed by atoms with Gasteiger partial charge < -0.3 is 14.5 Å². The molecule has 10 aromatic rings. The van der Waals surface area contributed by atoms with Gasteiger partial charge >= 0.3 is 0 Å². The first-order chi connectivity index (χ1) is 29.6. The minimum absolute atomic E-state index is 0.0651. The van der Waals surface area contributed by atoms with Gasteiger partial charge in [-0.3, -0.25) is 0 Å². The minimum atomic E-state index is 0.0651. The van der Waals surface area contributed by atoms with Crippen LogP contribution < -0.4 is 5.32 Å². The monoisotopic (exact) mass is 769 g/mol.